The van der Waals surface area contributed by atoms with Crippen molar-refractivity contribution in [2.75, 3.05) is 0 Å². The van der Waals surface area contributed by atoms with Gasteiger partial charge in [0.25, 0.3) is 5.69 Å². The van der Waals surface area contributed by atoms with Crippen LogP contribution in [-0.4, -0.2) is 52.9 Å². The van der Waals surface area contributed by atoms with Gasteiger partial charge in [-0.25, -0.2) is 9.59 Å². The lowest BCUT2D eigenvalue weighted by atomic mass is 9.98. The summed E-state index contributed by atoms with van der Waals surface area (Å²) in [5.74, 6) is -2.38. The Morgan fingerprint density at radius 3 is 2.42 bits per heavy atom. The van der Waals surface area contributed by atoms with Crippen LogP contribution in [0.1, 0.15) is 24.2 Å². The van der Waals surface area contributed by atoms with Crippen molar-refractivity contribution in [3.63, 3.8) is 0 Å². The topological polar surface area (TPSA) is 124 Å². The molecule has 2 aliphatic heterocycles. The van der Waals surface area contributed by atoms with Crippen LogP contribution in [-0.2, 0) is 25.1 Å². The molecule has 11 heteroatoms. The molecule has 0 N–H and O–H groups in total. The number of amides is 1. The van der Waals surface area contributed by atoms with E-state index in [1.807, 2.05) is 0 Å². The zero-order chi connectivity index (χ0) is 19.4. The highest BCUT2D eigenvalue weighted by atomic mass is 79.9. The third-order valence-corrected chi connectivity index (χ3v) is 7.86. The molecule has 26 heavy (non-hydrogen) atoms. The Kier molecular flexibility index (Phi) is 4.47. The number of β-lactam (4-membered cyclic amide) rings is 1. The summed E-state index contributed by atoms with van der Waals surface area (Å²) in [4.78, 5) is 47.2. The molecule has 4 atom stereocenters. The maximum Gasteiger partial charge on any atom is 0.345 e. The lowest BCUT2D eigenvalue weighted by molar-refractivity contribution is -0.384. The van der Waals surface area contributed by atoms with Crippen molar-refractivity contribution in [3.05, 3.63) is 39.9 Å². The molecule has 0 saturated carbocycles. The van der Waals surface area contributed by atoms with Crippen LogP contribution in [0.25, 0.3) is 0 Å². The van der Waals surface area contributed by atoms with Gasteiger partial charge in [0.2, 0.25) is 5.91 Å². The number of non-ortho nitro benzene ring substituents is 1. The van der Waals surface area contributed by atoms with Crippen LogP contribution in [0.5, 0.6) is 0 Å². The van der Waals surface area contributed by atoms with E-state index in [0.29, 0.717) is 0 Å². The molecule has 0 spiro atoms. The average Bonchev–Trinajstić information content (AvgIpc) is 2.79. The highest BCUT2D eigenvalue weighted by Crippen LogP contribution is 2.46. The highest BCUT2D eigenvalue weighted by Gasteiger charge is 2.67. The number of alkyl halides is 1. The van der Waals surface area contributed by atoms with Crippen molar-refractivity contribution in [2.45, 2.75) is 34.8 Å². The molecular formula is C15H13BrN2O7S. The maximum absolute atomic E-state index is 12.5. The molecule has 1 unspecified atom stereocenters. The molecule has 2 saturated heterocycles. The van der Waals surface area contributed by atoms with E-state index in [1.165, 1.54) is 4.90 Å². The Labute approximate surface area is 158 Å². The number of nitro benzene ring substituents is 1. The van der Waals surface area contributed by atoms with Gasteiger partial charge in [-0.2, -0.15) is 0 Å². The Morgan fingerprint density at radius 2 is 1.88 bits per heavy atom. The van der Waals surface area contributed by atoms with Crippen molar-refractivity contribution >= 4 is 50.3 Å². The minimum absolute atomic E-state index is 0.0503. The van der Waals surface area contributed by atoms with Crippen molar-refractivity contribution in [3.8, 4) is 0 Å². The largest absolute Gasteiger partial charge is 0.388 e. The quantitative estimate of drug-likeness (QED) is 0.171. The fourth-order valence-electron chi connectivity index (χ4n) is 3.01. The number of ether oxygens (including phenoxy) is 1. The number of rotatable bonds is 3. The van der Waals surface area contributed by atoms with Gasteiger partial charge in [0.05, 0.1) is 26.0 Å². The van der Waals surface area contributed by atoms with Crippen LogP contribution >= 0.6 is 15.9 Å². The Morgan fingerprint density at radius 1 is 1.31 bits per heavy atom. The predicted molar refractivity (Wildman–Crippen MR) is 92.9 cm³/mol. The Hall–Kier alpha value is -2.14. The number of fused-ring (bicyclic) bond motifs is 1. The third kappa shape index (κ3) is 2.65. The minimum atomic E-state index is -1.52. The monoisotopic (exact) mass is 444 g/mol. The van der Waals surface area contributed by atoms with E-state index in [9.17, 15) is 28.7 Å². The summed E-state index contributed by atoms with van der Waals surface area (Å²) in [6.45, 7) is 3.13. The lowest BCUT2D eigenvalue weighted by Crippen LogP contribution is -2.64. The molecule has 1 amide bonds. The fraction of sp³-hybridized carbons (Fsp3) is 0.400. The van der Waals surface area contributed by atoms with E-state index in [2.05, 4.69) is 15.9 Å². The van der Waals surface area contributed by atoms with Gasteiger partial charge >= 0.3 is 11.9 Å². The zero-order valence-electron chi connectivity index (χ0n) is 13.6. The Bertz CT molecular complexity index is 854. The van der Waals surface area contributed by atoms with Crippen LogP contribution in [0.4, 0.5) is 5.69 Å². The molecule has 2 heterocycles. The SMILES string of the molecule is CC1(C)[C@H](C(=O)OC(=O)c2ccc([N+](=O)[O-])cc2)N2C(=O)[C@H](Br)[C@H]2S1=O. The van der Waals surface area contributed by atoms with Gasteiger partial charge in [-0.15, -0.1) is 0 Å². The Balaban J connectivity index is 1.79. The number of esters is 2. The predicted octanol–water partition coefficient (Wildman–Crippen LogP) is 1.12. The number of carbonyl (C=O) groups is 3. The number of carbonyl (C=O) groups excluding carboxylic acids is 3. The summed E-state index contributed by atoms with van der Waals surface area (Å²) < 4.78 is 16.3. The third-order valence-electron chi connectivity index (χ3n) is 4.42. The molecule has 3 rings (SSSR count). The van der Waals surface area contributed by atoms with Gasteiger partial charge in [-0.3, -0.25) is 19.1 Å². The molecular weight excluding hydrogens is 432 g/mol. The number of halogens is 1. The van der Waals surface area contributed by atoms with Crippen LogP contribution in [0.15, 0.2) is 24.3 Å². The maximum atomic E-state index is 12.5. The van der Waals surface area contributed by atoms with Gasteiger partial charge in [0, 0.05) is 12.1 Å². The molecule has 0 aromatic heterocycles. The van der Waals surface area contributed by atoms with Crippen molar-refractivity contribution in [2.24, 2.45) is 0 Å². The molecule has 2 aliphatic rings. The number of nitro groups is 1. The zero-order valence-corrected chi connectivity index (χ0v) is 16.0. The molecule has 9 nitrogen and oxygen atoms in total. The number of hydrogen-bond donors (Lipinski definition) is 0. The number of nitrogens with zero attached hydrogens (tertiary/aromatic N) is 2. The van der Waals surface area contributed by atoms with Crippen molar-refractivity contribution in [1.29, 1.82) is 0 Å². The van der Waals surface area contributed by atoms with E-state index in [4.69, 9.17) is 4.74 Å². The highest BCUT2D eigenvalue weighted by molar-refractivity contribution is 9.10. The fourth-order valence-corrected chi connectivity index (χ4v) is 5.91. The summed E-state index contributed by atoms with van der Waals surface area (Å²) in [5, 5.41) is 9.98. The molecule has 0 radical (unpaired) electrons. The van der Waals surface area contributed by atoms with E-state index in [1.54, 1.807) is 13.8 Å². The second-order valence-corrected chi connectivity index (χ2v) is 9.47. The minimum Gasteiger partial charge on any atom is -0.388 e. The van der Waals surface area contributed by atoms with Gasteiger partial charge < -0.3 is 9.64 Å². The number of hydrogen-bond acceptors (Lipinski definition) is 7. The average molecular weight is 445 g/mol. The van der Waals surface area contributed by atoms with Gasteiger partial charge in [0.1, 0.15) is 16.2 Å². The summed E-state index contributed by atoms with van der Waals surface area (Å²) in [7, 11) is -1.52. The second-order valence-electron chi connectivity index (χ2n) is 6.35. The summed E-state index contributed by atoms with van der Waals surface area (Å²) in [6.07, 6.45) is 0. The van der Waals surface area contributed by atoms with Crippen LogP contribution in [0.2, 0.25) is 0 Å². The first-order chi connectivity index (χ1) is 12.1. The van der Waals surface area contributed by atoms with Crippen LogP contribution in [0.3, 0.4) is 0 Å². The standard InChI is InChI=1S/C15H13BrN2O7S/c1-15(2)10(17-11(19)9(16)12(17)26(15)24)14(21)25-13(20)7-3-5-8(6-4-7)18(22)23/h3-6,9-10,12H,1-2H3/t9-,10-,12+,26?/m0/s1. The normalized spacial score (nSPS) is 28.9. The smallest absolute Gasteiger partial charge is 0.345 e. The summed E-state index contributed by atoms with van der Waals surface area (Å²) >= 11 is 3.15. The lowest BCUT2D eigenvalue weighted by Gasteiger charge is -2.40. The number of benzene rings is 1. The van der Waals surface area contributed by atoms with Crippen LogP contribution in [0, 0.1) is 10.1 Å². The van der Waals surface area contributed by atoms with E-state index in [0.717, 1.165) is 24.3 Å². The first-order valence-corrected chi connectivity index (χ1v) is 9.57. The van der Waals surface area contributed by atoms with Crippen molar-refractivity contribution in [1.82, 2.24) is 4.90 Å². The van der Waals surface area contributed by atoms with Crippen molar-refractivity contribution < 1.29 is 28.3 Å². The van der Waals surface area contributed by atoms with E-state index >= 15 is 0 Å². The van der Waals surface area contributed by atoms with Gasteiger partial charge in [0.15, 0.2) is 0 Å². The molecule has 0 aliphatic carbocycles. The van der Waals surface area contributed by atoms with Gasteiger partial charge in [-0.05, 0) is 26.0 Å². The summed E-state index contributed by atoms with van der Waals surface area (Å²) in [6, 6.07) is 3.40. The second kappa shape index (κ2) is 6.23. The molecule has 0 bridgehead atoms. The molecule has 1 aromatic rings. The van der Waals surface area contributed by atoms with Gasteiger partial charge in [-0.1, -0.05) is 15.9 Å². The molecule has 138 valence electrons. The first kappa shape index (κ1) is 18.6. The van der Waals surface area contributed by atoms with E-state index in [-0.39, 0.29) is 11.3 Å². The molecule has 1 aromatic carbocycles. The van der Waals surface area contributed by atoms with Crippen LogP contribution < -0.4 is 0 Å². The summed E-state index contributed by atoms with van der Waals surface area (Å²) in [5.41, 5.74) is -0.261. The molecule has 2 fully saturated rings. The first-order valence-electron chi connectivity index (χ1n) is 7.44. The van der Waals surface area contributed by atoms with E-state index < -0.39 is 54.6 Å².